The molecule has 0 radical (unpaired) electrons. The highest BCUT2D eigenvalue weighted by molar-refractivity contribution is 5.91. The molecule has 0 unspecified atom stereocenters. The van der Waals surface area contributed by atoms with Crippen molar-refractivity contribution < 1.29 is 13.9 Å². The molecule has 164 valence electrons. The van der Waals surface area contributed by atoms with Gasteiger partial charge in [0.25, 0.3) is 5.91 Å². The monoisotopic (exact) mass is 428 g/mol. The largest absolute Gasteiger partial charge is 0.484 e. The zero-order chi connectivity index (χ0) is 22.5. The Kier molecular flexibility index (Phi) is 6.55. The van der Waals surface area contributed by atoms with Crippen LogP contribution >= 0.6 is 0 Å². The van der Waals surface area contributed by atoms with Crippen LogP contribution in [0.5, 0.6) is 5.75 Å². The minimum absolute atomic E-state index is 0.0332. The highest BCUT2D eigenvalue weighted by Crippen LogP contribution is 2.23. The van der Waals surface area contributed by atoms with Gasteiger partial charge >= 0.3 is 0 Å². The predicted molar refractivity (Wildman–Crippen MR) is 127 cm³/mol. The van der Waals surface area contributed by atoms with Gasteiger partial charge < -0.3 is 14.5 Å². The Hall–Kier alpha value is -3.60. The maximum absolute atomic E-state index is 12.2. The Morgan fingerprint density at radius 1 is 1.00 bits per heavy atom. The van der Waals surface area contributed by atoms with Crippen LogP contribution in [0.4, 0.5) is 5.69 Å². The van der Waals surface area contributed by atoms with Gasteiger partial charge in [0.1, 0.15) is 11.3 Å². The fourth-order valence-electron chi connectivity index (χ4n) is 3.47. The van der Waals surface area contributed by atoms with Crippen LogP contribution in [0.25, 0.3) is 11.1 Å². The first kappa shape index (κ1) is 21.6. The molecule has 1 heterocycles. The molecule has 5 heteroatoms. The lowest BCUT2D eigenvalue weighted by atomic mass is 10.0. The summed E-state index contributed by atoms with van der Waals surface area (Å²) in [6.45, 7) is 6.40. The van der Waals surface area contributed by atoms with Gasteiger partial charge in [-0.1, -0.05) is 51.1 Å². The van der Waals surface area contributed by atoms with Crippen LogP contribution in [0.15, 0.2) is 71.1 Å². The first-order chi connectivity index (χ1) is 15.5. The average Bonchev–Trinajstić information content (AvgIpc) is 3.20. The maximum atomic E-state index is 12.2. The second-order valence-corrected chi connectivity index (χ2v) is 8.20. The van der Waals surface area contributed by atoms with E-state index >= 15 is 0 Å². The van der Waals surface area contributed by atoms with Gasteiger partial charge in [0.15, 0.2) is 18.1 Å². The number of nitrogens with one attached hydrogen (secondary N) is 1. The lowest BCUT2D eigenvalue weighted by molar-refractivity contribution is -0.118. The summed E-state index contributed by atoms with van der Waals surface area (Å²) < 4.78 is 11.5. The van der Waals surface area contributed by atoms with Gasteiger partial charge in [-0.3, -0.25) is 4.79 Å². The highest BCUT2D eigenvalue weighted by atomic mass is 16.5. The molecular formula is C27H28N2O3. The highest BCUT2D eigenvalue weighted by Gasteiger charge is 2.10. The fraction of sp³-hybridized carbons (Fsp3) is 0.259. The molecule has 0 bridgehead atoms. The van der Waals surface area contributed by atoms with Crippen LogP contribution in [0, 0.1) is 0 Å². The van der Waals surface area contributed by atoms with E-state index in [0.29, 0.717) is 24.0 Å². The van der Waals surface area contributed by atoms with Crippen molar-refractivity contribution in [1.29, 1.82) is 0 Å². The van der Waals surface area contributed by atoms with Crippen LogP contribution < -0.4 is 10.1 Å². The second kappa shape index (κ2) is 9.69. The topological polar surface area (TPSA) is 64.4 Å². The molecule has 0 saturated heterocycles. The molecule has 0 fully saturated rings. The second-order valence-electron chi connectivity index (χ2n) is 8.20. The number of nitrogens with zero attached hydrogens (tertiary/aromatic N) is 1. The van der Waals surface area contributed by atoms with Gasteiger partial charge in [0.05, 0.1) is 0 Å². The smallest absolute Gasteiger partial charge is 0.262 e. The Labute approximate surface area is 188 Å². The van der Waals surface area contributed by atoms with Gasteiger partial charge in [0.2, 0.25) is 0 Å². The molecule has 0 spiro atoms. The average molecular weight is 429 g/mol. The zero-order valence-corrected chi connectivity index (χ0v) is 18.7. The van der Waals surface area contributed by atoms with E-state index in [9.17, 15) is 4.79 Å². The van der Waals surface area contributed by atoms with E-state index in [-0.39, 0.29) is 12.5 Å². The van der Waals surface area contributed by atoms with Crippen molar-refractivity contribution in [3.05, 3.63) is 89.3 Å². The molecular weight excluding hydrogens is 400 g/mol. The number of oxazole rings is 1. The summed E-state index contributed by atoms with van der Waals surface area (Å²) in [5, 5.41) is 2.86. The van der Waals surface area contributed by atoms with Crippen molar-refractivity contribution in [1.82, 2.24) is 4.98 Å². The van der Waals surface area contributed by atoms with Crippen LogP contribution in [0.1, 0.15) is 49.3 Å². The van der Waals surface area contributed by atoms with E-state index < -0.39 is 0 Å². The molecule has 1 aromatic heterocycles. The summed E-state index contributed by atoms with van der Waals surface area (Å²) in [5.41, 5.74) is 5.96. The van der Waals surface area contributed by atoms with Gasteiger partial charge in [0, 0.05) is 12.1 Å². The molecule has 5 nitrogen and oxygen atoms in total. The van der Waals surface area contributed by atoms with Crippen LogP contribution in [0.3, 0.4) is 0 Å². The SMILES string of the molecule is CCc1ccc(OCC(=O)Nc2ccc(Cc3nc4cc(C(C)C)ccc4o3)cc2)cc1. The predicted octanol–water partition coefficient (Wildman–Crippen LogP) is 6.12. The van der Waals surface area contributed by atoms with Gasteiger partial charge in [-0.25, -0.2) is 4.98 Å². The molecule has 1 N–H and O–H groups in total. The van der Waals surface area contributed by atoms with Crippen molar-refractivity contribution in [3.8, 4) is 5.75 Å². The number of fused-ring (bicyclic) bond motifs is 1. The third-order valence-corrected chi connectivity index (χ3v) is 5.42. The first-order valence-electron chi connectivity index (χ1n) is 11.0. The molecule has 0 aliphatic rings. The summed E-state index contributed by atoms with van der Waals surface area (Å²) >= 11 is 0. The quantitative estimate of drug-likeness (QED) is 0.367. The van der Waals surface area contributed by atoms with E-state index in [1.165, 1.54) is 11.1 Å². The standard InChI is InChI=1S/C27H28N2O3/c1-4-19-7-12-23(13-8-19)31-17-26(30)28-22-10-5-20(6-11-22)15-27-29-24-16-21(18(2)3)9-14-25(24)32-27/h5-14,16,18H,4,15,17H2,1-3H3,(H,28,30). The lowest BCUT2D eigenvalue weighted by Gasteiger charge is -2.08. The number of hydrogen-bond acceptors (Lipinski definition) is 4. The van der Waals surface area contributed by atoms with Gasteiger partial charge in [-0.05, 0) is 65.4 Å². The lowest BCUT2D eigenvalue weighted by Crippen LogP contribution is -2.20. The van der Waals surface area contributed by atoms with Crippen LogP contribution in [-0.4, -0.2) is 17.5 Å². The molecule has 4 rings (SSSR count). The molecule has 0 aliphatic carbocycles. The van der Waals surface area contributed by atoms with Crippen molar-refractivity contribution in [2.24, 2.45) is 0 Å². The number of carbonyl (C=O) groups excluding carboxylic acids is 1. The molecule has 1 amide bonds. The third kappa shape index (κ3) is 5.35. The maximum Gasteiger partial charge on any atom is 0.262 e. The Morgan fingerprint density at radius 2 is 1.72 bits per heavy atom. The van der Waals surface area contributed by atoms with Gasteiger partial charge in [-0.15, -0.1) is 0 Å². The van der Waals surface area contributed by atoms with E-state index in [1.807, 2.05) is 54.6 Å². The minimum Gasteiger partial charge on any atom is -0.484 e. The fourth-order valence-corrected chi connectivity index (χ4v) is 3.47. The first-order valence-corrected chi connectivity index (χ1v) is 11.0. The molecule has 0 saturated carbocycles. The Morgan fingerprint density at radius 3 is 2.41 bits per heavy atom. The Bertz CT molecular complexity index is 1190. The van der Waals surface area contributed by atoms with E-state index in [1.54, 1.807) is 0 Å². The summed E-state index contributed by atoms with van der Waals surface area (Å²) in [4.78, 5) is 16.8. The number of amides is 1. The number of benzene rings is 3. The van der Waals surface area contributed by atoms with E-state index in [2.05, 4.69) is 43.2 Å². The normalized spacial score (nSPS) is 11.1. The zero-order valence-electron chi connectivity index (χ0n) is 18.7. The van der Waals surface area contributed by atoms with Crippen molar-refractivity contribution >= 4 is 22.7 Å². The number of ether oxygens (including phenoxy) is 1. The van der Waals surface area contributed by atoms with Gasteiger partial charge in [-0.2, -0.15) is 0 Å². The molecule has 4 aromatic rings. The molecule has 0 atom stereocenters. The number of carbonyl (C=O) groups is 1. The molecule has 3 aromatic carbocycles. The molecule has 32 heavy (non-hydrogen) atoms. The number of aromatic nitrogens is 1. The number of hydrogen-bond donors (Lipinski definition) is 1. The van der Waals surface area contributed by atoms with Crippen molar-refractivity contribution in [3.63, 3.8) is 0 Å². The van der Waals surface area contributed by atoms with Crippen molar-refractivity contribution in [2.75, 3.05) is 11.9 Å². The summed E-state index contributed by atoms with van der Waals surface area (Å²) in [5.74, 6) is 1.62. The summed E-state index contributed by atoms with van der Waals surface area (Å²) in [7, 11) is 0. The molecule has 0 aliphatic heterocycles. The van der Waals surface area contributed by atoms with Crippen molar-refractivity contribution in [2.45, 2.75) is 39.5 Å². The number of anilines is 1. The van der Waals surface area contributed by atoms with E-state index in [4.69, 9.17) is 9.15 Å². The summed E-state index contributed by atoms with van der Waals surface area (Å²) in [6, 6.07) is 21.6. The number of aryl methyl sites for hydroxylation is 1. The Balaban J connectivity index is 1.32. The van der Waals surface area contributed by atoms with Crippen LogP contribution in [0.2, 0.25) is 0 Å². The van der Waals surface area contributed by atoms with Crippen LogP contribution in [-0.2, 0) is 17.6 Å². The number of rotatable bonds is 8. The summed E-state index contributed by atoms with van der Waals surface area (Å²) in [6.07, 6.45) is 1.57. The third-order valence-electron chi connectivity index (χ3n) is 5.42. The van der Waals surface area contributed by atoms with E-state index in [0.717, 1.165) is 28.8 Å². The minimum atomic E-state index is -0.197.